The predicted octanol–water partition coefficient (Wildman–Crippen LogP) is 1.16. The highest BCUT2D eigenvalue weighted by Crippen LogP contribution is 2.48. The molecule has 2 N–H and O–H groups in total. The third kappa shape index (κ3) is 4.89. The number of nitrogens with one attached hydrogen (secondary N) is 1. The molecule has 0 saturated carbocycles. The van der Waals surface area contributed by atoms with Gasteiger partial charge in [0.1, 0.15) is 11.9 Å². The Balaban J connectivity index is 1.52. The van der Waals surface area contributed by atoms with Crippen molar-refractivity contribution in [2.75, 3.05) is 20.2 Å². The van der Waals surface area contributed by atoms with Crippen molar-refractivity contribution in [3.05, 3.63) is 59.3 Å². The summed E-state index contributed by atoms with van der Waals surface area (Å²) in [5.41, 5.74) is -0.996. The van der Waals surface area contributed by atoms with Crippen LogP contribution in [0.5, 0.6) is 5.75 Å². The molecule has 34 heavy (non-hydrogen) atoms. The number of likely N-dealkylation sites (tertiary alicyclic amines) is 1. The van der Waals surface area contributed by atoms with Crippen LogP contribution < -0.4 is 15.3 Å². The fourth-order valence-electron chi connectivity index (χ4n) is 3.67. The molecule has 1 amide bonds. The summed E-state index contributed by atoms with van der Waals surface area (Å²) in [5, 5.41) is 12.7. The van der Waals surface area contributed by atoms with E-state index in [-0.39, 0.29) is 11.7 Å². The first kappa shape index (κ1) is 24.4. The number of amides is 1. The summed E-state index contributed by atoms with van der Waals surface area (Å²) in [4.78, 5) is 29.0. The van der Waals surface area contributed by atoms with Crippen LogP contribution in [0.15, 0.2) is 53.6 Å². The van der Waals surface area contributed by atoms with E-state index in [9.17, 15) is 28.0 Å². The Labute approximate surface area is 192 Å². The molecule has 0 aliphatic carbocycles. The van der Waals surface area contributed by atoms with Crippen LogP contribution in [0.25, 0.3) is 0 Å². The quantitative estimate of drug-likeness (QED) is 0.513. The summed E-state index contributed by atoms with van der Waals surface area (Å²) in [6, 6.07) is 8.33. The van der Waals surface area contributed by atoms with Crippen molar-refractivity contribution >= 4 is 13.7 Å². The van der Waals surface area contributed by atoms with Crippen LogP contribution in [-0.4, -0.2) is 69.8 Å². The van der Waals surface area contributed by atoms with Crippen molar-refractivity contribution in [1.29, 1.82) is 0 Å². The van der Waals surface area contributed by atoms with Gasteiger partial charge in [-0.15, -0.1) is 0 Å². The molecule has 2 fully saturated rings. The van der Waals surface area contributed by atoms with Gasteiger partial charge in [0, 0.05) is 26.0 Å². The van der Waals surface area contributed by atoms with Crippen LogP contribution in [0.3, 0.4) is 0 Å². The lowest BCUT2D eigenvalue weighted by Crippen LogP contribution is -2.42. The van der Waals surface area contributed by atoms with Crippen LogP contribution in [0.2, 0.25) is 0 Å². The van der Waals surface area contributed by atoms with E-state index >= 15 is 0 Å². The van der Waals surface area contributed by atoms with E-state index in [1.165, 1.54) is 23.1 Å². The number of hydrogen-bond acceptors (Lipinski definition) is 8. The fourth-order valence-corrected chi connectivity index (χ4v) is 5.21. The number of likely N-dealkylation sites (N-methyl/N-ethyl adjacent to an activating group) is 1. The van der Waals surface area contributed by atoms with Gasteiger partial charge >= 0.3 is 19.4 Å². The first-order valence-corrected chi connectivity index (χ1v) is 11.9. The van der Waals surface area contributed by atoms with Crippen molar-refractivity contribution in [3.63, 3.8) is 0 Å². The number of aromatic nitrogens is 2. The molecule has 2 aromatic rings. The second-order valence-electron chi connectivity index (χ2n) is 7.88. The maximum atomic E-state index is 14.7. The van der Waals surface area contributed by atoms with Gasteiger partial charge in [-0.25, -0.2) is 14.3 Å². The number of aliphatic hydroxyl groups excluding tert-OH is 1. The Morgan fingerprint density at radius 1 is 1.29 bits per heavy atom. The minimum absolute atomic E-state index is 0.148. The predicted molar refractivity (Wildman–Crippen MR) is 113 cm³/mol. The Hall–Kier alpha value is -2.70. The van der Waals surface area contributed by atoms with Crippen LogP contribution in [-0.2, 0) is 18.6 Å². The lowest BCUT2D eigenvalue weighted by molar-refractivity contribution is -0.140. The molecule has 2 aliphatic rings. The minimum atomic E-state index is -4.29. The van der Waals surface area contributed by atoms with E-state index in [0.717, 1.165) is 12.4 Å². The van der Waals surface area contributed by atoms with Crippen LogP contribution in [0.4, 0.5) is 8.78 Å². The molecule has 3 unspecified atom stereocenters. The maximum absolute atomic E-state index is 14.7. The van der Waals surface area contributed by atoms with E-state index in [4.69, 9.17) is 13.8 Å². The number of rotatable bonds is 8. The number of benzene rings is 1. The number of ether oxygens (including phenoxy) is 1. The van der Waals surface area contributed by atoms with Crippen LogP contribution in [0, 0.1) is 0 Å². The summed E-state index contributed by atoms with van der Waals surface area (Å²) in [7, 11) is -2.71. The average molecular weight is 500 g/mol. The summed E-state index contributed by atoms with van der Waals surface area (Å²) in [5.74, 6) is -4.06. The van der Waals surface area contributed by atoms with Crippen LogP contribution in [0.1, 0.15) is 12.6 Å². The average Bonchev–Trinajstić information content (AvgIpc) is 3.23. The highest BCUT2D eigenvalue weighted by Gasteiger charge is 2.60. The van der Waals surface area contributed by atoms with Gasteiger partial charge in [-0.1, -0.05) is 18.2 Å². The summed E-state index contributed by atoms with van der Waals surface area (Å²) >= 11 is 0. The fraction of sp³-hybridized carbons (Fsp3) is 0.450. The van der Waals surface area contributed by atoms with Gasteiger partial charge in [-0.05, 0) is 24.6 Å². The molecule has 1 aromatic heterocycles. The number of alkyl halides is 2. The summed E-state index contributed by atoms with van der Waals surface area (Å²) in [6.45, 7) is -0.365. The molecule has 0 bridgehead atoms. The Morgan fingerprint density at radius 2 is 2.03 bits per heavy atom. The Morgan fingerprint density at radius 3 is 2.68 bits per heavy atom. The second-order valence-corrected chi connectivity index (χ2v) is 9.58. The third-order valence-electron chi connectivity index (χ3n) is 5.49. The largest absolute Gasteiger partial charge is 0.459 e. The number of carbonyl (C=O) groups excluding carboxylic acids is 1. The van der Waals surface area contributed by atoms with Crippen molar-refractivity contribution in [1.82, 2.24) is 19.5 Å². The molecule has 4 rings (SSSR count). The van der Waals surface area contributed by atoms with Crippen LogP contribution >= 0.6 is 7.75 Å². The highest BCUT2D eigenvalue weighted by atomic mass is 31.2. The van der Waals surface area contributed by atoms with Crippen molar-refractivity contribution < 1.29 is 37.0 Å². The van der Waals surface area contributed by atoms with Gasteiger partial charge in [0.2, 0.25) is 12.1 Å². The molecule has 184 valence electrons. The molecule has 1 aromatic carbocycles. The number of carbonyl (C=O) groups is 1. The maximum Gasteiger partial charge on any atom is 0.459 e. The smallest absolute Gasteiger partial charge is 0.413 e. The number of para-hydroxylation sites is 1. The standard InChI is InChI=1S/C20H23F2N4O7P/c1-25-11-8-14(17(25)28)24-34(30,33-13-6-3-2-4-7-13)31-12-15-16(27)20(21,22)18(32-15)26-10-5-9-23-19(26)29/h2-7,9-10,14-16,18,27H,8,11-12H2,1H3,(H,24,30)/t14?,15?,16-,18-,34?/m1/s1. The van der Waals surface area contributed by atoms with E-state index in [2.05, 4.69) is 10.1 Å². The molecular formula is C20H23F2N4O7P. The van der Waals surface area contributed by atoms with Gasteiger partial charge in [0.05, 0.1) is 12.6 Å². The summed E-state index contributed by atoms with van der Waals surface area (Å²) in [6.07, 6.45) is -3.68. The van der Waals surface area contributed by atoms with Gasteiger partial charge < -0.3 is 19.3 Å². The molecule has 2 aliphatic heterocycles. The van der Waals surface area contributed by atoms with E-state index in [0.29, 0.717) is 17.5 Å². The first-order valence-electron chi connectivity index (χ1n) is 10.4. The SMILES string of the molecule is CN1CCC(NP(=O)(OCC2O[C@@H](n3cccnc3=O)C(F)(F)[C@@H]2O)Oc2ccccc2)C1=O. The molecule has 5 atom stereocenters. The number of hydrogen-bond donors (Lipinski definition) is 2. The lowest BCUT2D eigenvalue weighted by atomic mass is 10.1. The van der Waals surface area contributed by atoms with Crippen molar-refractivity contribution in [3.8, 4) is 5.75 Å². The van der Waals surface area contributed by atoms with E-state index in [1.807, 2.05) is 0 Å². The molecule has 3 heterocycles. The molecular weight excluding hydrogens is 477 g/mol. The second kappa shape index (κ2) is 9.51. The zero-order valence-corrected chi connectivity index (χ0v) is 18.9. The highest BCUT2D eigenvalue weighted by molar-refractivity contribution is 7.52. The molecule has 0 spiro atoms. The molecule has 11 nitrogen and oxygen atoms in total. The van der Waals surface area contributed by atoms with Crippen molar-refractivity contribution in [2.24, 2.45) is 0 Å². The van der Waals surface area contributed by atoms with Gasteiger partial charge in [-0.3, -0.25) is 13.9 Å². The number of halogens is 2. The molecule has 0 radical (unpaired) electrons. The number of nitrogens with zero attached hydrogens (tertiary/aromatic N) is 3. The van der Waals surface area contributed by atoms with Gasteiger partial charge in [-0.2, -0.15) is 13.9 Å². The lowest BCUT2D eigenvalue weighted by Gasteiger charge is -2.24. The van der Waals surface area contributed by atoms with E-state index < -0.39 is 50.4 Å². The Bertz CT molecular complexity index is 1140. The van der Waals surface area contributed by atoms with Crippen molar-refractivity contribution in [2.45, 2.75) is 36.8 Å². The first-order chi connectivity index (χ1) is 16.1. The minimum Gasteiger partial charge on any atom is -0.413 e. The third-order valence-corrected chi connectivity index (χ3v) is 7.06. The monoisotopic (exact) mass is 500 g/mol. The van der Waals surface area contributed by atoms with Gasteiger partial charge in [0.25, 0.3) is 0 Å². The number of aliphatic hydroxyl groups is 1. The topological polar surface area (TPSA) is 132 Å². The van der Waals surface area contributed by atoms with E-state index in [1.54, 1.807) is 25.2 Å². The van der Waals surface area contributed by atoms with Gasteiger partial charge in [0.15, 0.2) is 6.10 Å². The zero-order chi connectivity index (χ0) is 24.5. The molecule has 2 saturated heterocycles. The molecule has 14 heteroatoms. The zero-order valence-electron chi connectivity index (χ0n) is 18.0. The summed E-state index contributed by atoms with van der Waals surface area (Å²) < 4.78 is 59.6. The Kier molecular flexibility index (Phi) is 6.83. The normalized spacial score (nSPS) is 28.1.